The number of aryl methyl sites for hydroxylation is 2. The van der Waals surface area contributed by atoms with Crippen molar-refractivity contribution in [2.45, 2.75) is 46.8 Å². The van der Waals surface area contributed by atoms with Crippen LogP contribution < -0.4 is 5.32 Å². The summed E-state index contributed by atoms with van der Waals surface area (Å²) in [6.07, 6.45) is 0. The number of aliphatic hydroxyl groups excluding tert-OH is 1. The van der Waals surface area contributed by atoms with Gasteiger partial charge in [0, 0.05) is 29.9 Å². The van der Waals surface area contributed by atoms with Crippen LogP contribution in [0.2, 0.25) is 0 Å². The summed E-state index contributed by atoms with van der Waals surface area (Å²) in [6.45, 7) is 8.60. The standard InChI is InChI=1S/C19H27FN4O2/c1-5-24-15(4)18(14(3)22-24)13(2)21-19(26)23(10-11-25)12-16-8-6-7-9-17(16)20/h6-9,13,25H,5,10-12H2,1-4H3,(H,21,26). The minimum Gasteiger partial charge on any atom is -0.395 e. The molecule has 1 unspecified atom stereocenters. The van der Waals surface area contributed by atoms with Crippen molar-refractivity contribution in [2.75, 3.05) is 13.2 Å². The van der Waals surface area contributed by atoms with Crippen molar-refractivity contribution >= 4 is 6.03 Å². The van der Waals surface area contributed by atoms with Crippen molar-refractivity contribution in [3.63, 3.8) is 0 Å². The lowest BCUT2D eigenvalue weighted by atomic mass is 10.1. The Morgan fingerprint density at radius 1 is 1.38 bits per heavy atom. The van der Waals surface area contributed by atoms with Crippen LogP contribution in [0.15, 0.2) is 24.3 Å². The summed E-state index contributed by atoms with van der Waals surface area (Å²) in [5, 5.41) is 16.7. The van der Waals surface area contributed by atoms with Gasteiger partial charge in [-0.3, -0.25) is 4.68 Å². The van der Waals surface area contributed by atoms with E-state index < -0.39 is 0 Å². The largest absolute Gasteiger partial charge is 0.395 e. The second-order valence-corrected chi connectivity index (χ2v) is 6.31. The van der Waals surface area contributed by atoms with Gasteiger partial charge in [0.2, 0.25) is 0 Å². The Bertz CT molecular complexity index is 760. The van der Waals surface area contributed by atoms with Gasteiger partial charge in [0.15, 0.2) is 0 Å². The van der Waals surface area contributed by atoms with Crippen molar-refractivity contribution in [3.05, 3.63) is 52.6 Å². The van der Waals surface area contributed by atoms with Gasteiger partial charge in [-0.15, -0.1) is 0 Å². The van der Waals surface area contributed by atoms with E-state index in [1.165, 1.54) is 11.0 Å². The molecule has 1 heterocycles. The molecule has 7 heteroatoms. The molecule has 0 bridgehead atoms. The van der Waals surface area contributed by atoms with Crippen molar-refractivity contribution < 1.29 is 14.3 Å². The first-order valence-electron chi connectivity index (χ1n) is 8.82. The van der Waals surface area contributed by atoms with E-state index in [-0.39, 0.29) is 37.6 Å². The normalized spacial score (nSPS) is 12.1. The third-order valence-corrected chi connectivity index (χ3v) is 4.49. The molecule has 26 heavy (non-hydrogen) atoms. The zero-order chi connectivity index (χ0) is 19.3. The number of halogens is 1. The van der Waals surface area contributed by atoms with Crippen LogP contribution in [0.1, 0.15) is 42.4 Å². The molecule has 0 radical (unpaired) electrons. The Balaban J connectivity index is 2.14. The second kappa shape index (κ2) is 8.80. The molecule has 2 aromatic rings. The molecular weight excluding hydrogens is 335 g/mol. The number of hydrogen-bond donors (Lipinski definition) is 2. The monoisotopic (exact) mass is 362 g/mol. The van der Waals surface area contributed by atoms with Crippen LogP contribution in [0.5, 0.6) is 0 Å². The molecular formula is C19H27FN4O2. The van der Waals surface area contributed by atoms with Gasteiger partial charge in [-0.05, 0) is 33.8 Å². The highest BCUT2D eigenvalue weighted by Crippen LogP contribution is 2.22. The van der Waals surface area contributed by atoms with E-state index in [1.54, 1.807) is 18.2 Å². The van der Waals surface area contributed by atoms with E-state index in [1.807, 2.05) is 32.4 Å². The molecule has 0 saturated heterocycles. The number of amides is 2. The molecule has 0 fully saturated rings. The summed E-state index contributed by atoms with van der Waals surface area (Å²) in [5.74, 6) is -0.368. The molecule has 2 amide bonds. The number of rotatable bonds is 7. The smallest absolute Gasteiger partial charge is 0.318 e. The number of aromatic nitrogens is 2. The fraction of sp³-hybridized carbons (Fsp3) is 0.474. The zero-order valence-electron chi connectivity index (χ0n) is 15.8. The van der Waals surface area contributed by atoms with Gasteiger partial charge in [0.05, 0.1) is 24.9 Å². The quantitative estimate of drug-likeness (QED) is 0.796. The fourth-order valence-corrected chi connectivity index (χ4v) is 3.20. The number of nitrogens with one attached hydrogen (secondary N) is 1. The summed E-state index contributed by atoms with van der Waals surface area (Å²) in [5.41, 5.74) is 3.28. The van der Waals surface area contributed by atoms with E-state index in [4.69, 9.17) is 0 Å². The van der Waals surface area contributed by atoms with Gasteiger partial charge < -0.3 is 15.3 Å². The van der Waals surface area contributed by atoms with Crippen LogP contribution in [0.25, 0.3) is 0 Å². The third kappa shape index (κ3) is 4.40. The second-order valence-electron chi connectivity index (χ2n) is 6.31. The van der Waals surface area contributed by atoms with E-state index in [9.17, 15) is 14.3 Å². The van der Waals surface area contributed by atoms with Crippen molar-refractivity contribution in [3.8, 4) is 0 Å². The van der Waals surface area contributed by atoms with Crippen LogP contribution in [0, 0.1) is 19.7 Å². The van der Waals surface area contributed by atoms with Crippen LogP contribution in [-0.4, -0.2) is 39.0 Å². The van der Waals surface area contributed by atoms with Crippen molar-refractivity contribution in [2.24, 2.45) is 0 Å². The molecule has 0 saturated carbocycles. The highest BCUT2D eigenvalue weighted by Gasteiger charge is 2.22. The molecule has 0 spiro atoms. The maximum absolute atomic E-state index is 13.9. The lowest BCUT2D eigenvalue weighted by Gasteiger charge is -2.25. The van der Waals surface area contributed by atoms with Crippen molar-refractivity contribution in [1.82, 2.24) is 20.0 Å². The number of nitrogens with zero attached hydrogens (tertiary/aromatic N) is 3. The average Bonchev–Trinajstić information content (AvgIpc) is 2.90. The van der Waals surface area contributed by atoms with E-state index >= 15 is 0 Å². The van der Waals surface area contributed by atoms with Crippen LogP contribution in [-0.2, 0) is 13.1 Å². The molecule has 6 nitrogen and oxygen atoms in total. The number of carbonyl (C=O) groups excluding carboxylic acids is 1. The predicted octanol–water partition coefficient (Wildman–Crippen LogP) is 2.92. The number of urea groups is 1. The number of benzene rings is 1. The summed E-state index contributed by atoms with van der Waals surface area (Å²) in [6, 6.07) is 5.73. The Morgan fingerprint density at radius 2 is 2.08 bits per heavy atom. The SMILES string of the molecule is CCn1nc(C)c(C(C)NC(=O)N(CCO)Cc2ccccc2F)c1C. The minimum absolute atomic E-state index is 0.0952. The maximum atomic E-state index is 13.9. The van der Waals surface area contributed by atoms with E-state index in [0.717, 1.165) is 23.5 Å². The van der Waals surface area contributed by atoms with Crippen LogP contribution >= 0.6 is 0 Å². The first-order valence-corrected chi connectivity index (χ1v) is 8.82. The first-order chi connectivity index (χ1) is 12.4. The number of hydrogen-bond acceptors (Lipinski definition) is 3. The maximum Gasteiger partial charge on any atom is 0.318 e. The molecule has 2 N–H and O–H groups in total. The van der Waals surface area contributed by atoms with Gasteiger partial charge in [0.25, 0.3) is 0 Å². The molecule has 1 atom stereocenters. The molecule has 1 aromatic carbocycles. The summed E-state index contributed by atoms with van der Waals surface area (Å²) in [4.78, 5) is 14.1. The first kappa shape index (κ1) is 19.9. The van der Waals surface area contributed by atoms with Gasteiger partial charge >= 0.3 is 6.03 Å². The summed E-state index contributed by atoms with van der Waals surface area (Å²) < 4.78 is 15.8. The molecule has 0 aliphatic heterocycles. The highest BCUT2D eigenvalue weighted by atomic mass is 19.1. The van der Waals surface area contributed by atoms with E-state index in [2.05, 4.69) is 10.4 Å². The zero-order valence-corrected chi connectivity index (χ0v) is 15.8. The predicted molar refractivity (Wildman–Crippen MR) is 98.2 cm³/mol. The van der Waals surface area contributed by atoms with Gasteiger partial charge in [0.1, 0.15) is 5.82 Å². The number of aliphatic hydroxyl groups is 1. The minimum atomic E-state index is -0.368. The molecule has 142 valence electrons. The van der Waals surface area contributed by atoms with Crippen LogP contribution in [0.4, 0.5) is 9.18 Å². The molecule has 0 aliphatic rings. The fourth-order valence-electron chi connectivity index (χ4n) is 3.20. The average molecular weight is 362 g/mol. The highest BCUT2D eigenvalue weighted by molar-refractivity contribution is 5.74. The lowest BCUT2D eigenvalue weighted by molar-refractivity contribution is 0.170. The summed E-state index contributed by atoms with van der Waals surface area (Å²) in [7, 11) is 0. The Hall–Kier alpha value is -2.41. The molecule has 2 rings (SSSR count). The van der Waals surface area contributed by atoms with Crippen LogP contribution in [0.3, 0.4) is 0 Å². The topological polar surface area (TPSA) is 70.4 Å². The Labute approximate surface area is 153 Å². The third-order valence-electron chi connectivity index (χ3n) is 4.49. The Morgan fingerprint density at radius 3 is 2.65 bits per heavy atom. The van der Waals surface area contributed by atoms with Gasteiger partial charge in [-0.1, -0.05) is 18.2 Å². The van der Waals surface area contributed by atoms with E-state index in [0.29, 0.717) is 5.56 Å². The number of carbonyl (C=O) groups is 1. The lowest BCUT2D eigenvalue weighted by Crippen LogP contribution is -2.42. The molecule has 1 aromatic heterocycles. The van der Waals surface area contributed by atoms with Gasteiger partial charge in [-0.25, -0.2) is 9.18 Å². The Kier molecular flexibility index (Phi) is 6.74. The van der Waals surface area contributed by atoms with Gasteiger partial charge in [-0.2, -0.15) is 5.10 Å². The molecule has 0 aliphatic carbocycles. The summed E-state index contributed by atoms with van der Waals surface area (Å²) >= 11 is 0. The van der Waals surface area contributed by atoms with Crippen molar-refractivity contribution in [1.29, 1.82) is 0 Å².